The lowest BCUT2D eigenvalue weighted by Gasteiger charge is -2.35. The number of hydrogen-bond donors (Lipinski definition) is 2. The average Bonchev–Trinajstić information content (AvgIpc) is 2.69. The van der Waals surface area contributed by atoms with E-state index in [1.165, 1.54) is 14.2 Å². The number of phenolic OH excluding ortho intramolecular Hbond substituents is 1. The summed E-state index contributed by atoms with van der Waals surface area (Å²) in [6.07, 6.45) is 0. The van der Waals surface area contributed by atoms with Gasteiger partial charge in [-0.2, -0.15) is 0 Å². The zero-order valence-corrected chi connectivity index (χ0v) is 16.7. The van der Waals surface area contributed by atoms with Gasteiger partial charge >= 0.3 is 0 Å². The van der Waals surface area contributed by atoms with Crippen LogP contribution in [0.25, 0.3) is 0 Å². The number of nitrogens with zero attached hydrogens (tertiary/aromatic N) is 2. The van der Waals surface area contributed by atoms with Crippen LogP contribution in [0.2, 0.25) is 5.02 Å². The predicted molar refractivity (Wildman–Crippen MR) is 110 cm³/mol. The van der Waals surface area contributed by atoms with Gasteiger partial charge in [-0.05, 0) is 30.3 Å². The fourth-order valence-electron chi connectivity index (χ4n) is 3.18. The Morgan fingerprint density at radius 1 is 1.07 bits per heavy atom. The number of phenols is 1. The van der Waals surface area contributed by atoms with Gasteiger partial charge in [0.1, 0.15) is 17.2 Å². The second-order valence-corrected chi connectivity index (χ2v) is 6.92. The number of hydrogen-bond acceptors (Lipinski definition) is 6. The van der Waals surface area contributed by atoms with Crippen LogP contribution in [-0.2, 0) is 4.79 Å². The first-order valence-electron chi connectivity index (χ1n) is 8.98. The van der Waals surface area contributed by atoms with Crippen molar-refractivity contribution in [2.24, 2.45) is 0 Å². The topological polar surface area (TPSA) is 74.3 Å². The SMILES string of the molecule is COc1cc(OC)c(NC(=O)CN2CCN(c3ccc(O)cc3)CC2)cc1Cl. The molecule has 0 spiro atoms. The maximum absolute atomic E-state index is 12.5. The number of carbonyl (C=O) groups is 1. The van der Waals surface area contributed by atoms with E-state index < -0.39 is 0 Å². The summed E-state index contributed by atoms with van der Waals surface area (Å²) in [4.78, 5) is 16.8. The van der Waals surface area contributed by atoms with Gasteiger partial charge in [0.15, 0.2) is 0 Å². The summed E-state index contributed by atoms with van der Waals surface area (Å²) in [5, 5.41) is 12.7. The van der Waals surface area contributed by atoms with E-state index in [9.17, 15) is 9.90 Å². The number of piperazine rings is 1. The highest BCUT2D eigenvalue weighted by Gasteiger charge is 2.20. The Bertz CT molecular complexity index is 821. The molecule has 0 aliphatic carbocycles. The minimum atomic E-state index is -0.127. The summed E-state index contributed by atoms with van der Waals surface area (Å²) in [6, 6.07) is 10.4. The standard InChI is InChI=1S/C20H24ClN3O4/c1-27-18-12-19(28-2)17(11-16(18)21)22-20(26)13-23-7-9-24(10-8-23)14-3-5-15(25)6-4-14/h3-6,11-12,25H,7-10,13H2,1-2H3,(H,22,26). The Morgan fingerprint density at radius 2 is 1.71 bits per heavy atom. The number of nitrogens with one attached hydrogen (secondary N) is 1. The smallest absolute Gasteiger partial charge is 0.238 e. The number of anilines is 2. The van der Waals surface area contributed by atoms with E-state index in [1.807, 2.05) is 12.1 Å². The molecule has 1 heterocycles. The number of ether oxygens (including phenoxy) is 2. The first-order valence-corrected chi connectivity index (χ1v) is 9.35. The number of aromatic hydroxyl groups is 1. The molecule has 1 fully saturated rings. The largest absolute Gasteiger partial charge is 0.508 e. The van der Waals surface area contributed by atoms with Crippen molar-refractivity contribution in [3.05, 3.63) is 41.4 Å². The normalized spacial score (nSPS) is 14.6. The lowest BCUT2D eigenvalue weighted by atomic mass is 10.2. The molecule has 0 unspecified atom stereocenters. The summed E-state index contributed by atoms with van der Waals surface area (Å²) in [6.45, 7) is 3.46. The van der Waals surface area contributed by atoms with Crippen LogP contribution in [-0.4, -0.2) is 62.9 Å². The van der Waals surface area contributed by atoms with Crippen molar-refractivity contribution >= 4 is 28.9 Å². The number of halogens is 1. The van der Waals surface area contributed by atoms with Crippen molar-refractivity contribution in [3.8, 4) is 17.2 Å². The first kappa shape index (κ1) is 20.1. The van der Waals surface area contributed by atoms with E-state index in [2.05, 4.69) is 15.1 Å². The molecule has 3 rings (SSSR count). The summed E-state index contributed by atoms with van der Waals surface area (Å²) in [7, 11) is 3.05. The Morgan fingerprint density at radius 3 is 2.32 bits per heavy atom. The Hall–Kier alpha value is -2.64. The molecule has 150 valence electrons. The fourth-order valence-corrected chi connectivity index (χ4v) is 3.42. The number of carbonyl (C=O) groups excluding carboxylic acids is 1. The van der Waals surface area contributed by atoms with Gasteiger partial charge in [0.2, 0.25) is 5.91 Å². The molecule has 1 aliphatic rings. The van der Waals surface area contributed by atoms with E-state index in [0.717, 1.165) is 31.9 Å². The number of rotatable bonds is 6. The maximum atomic E-state index is 12.5. The van der Waals surface area contributed by atoms with Gasteiger partial charge in [0.05, 0.1) is 31.5 Å². The molecule has 1 saturated heterocycles. The van der Waals surface area contributed by atoms with E-state index in [-0.39, 0.29) is 18.2 Å². The molecule has 0 saturated carbocycles. The zero-order valence-electron chi connectivity index (χ0n) is 15.9. The Balaban J connectivity index is 1.55. The first-order chi connectivity index (χ1) is 13.5. The van der Waals surface area contributed by atoms with Gasteiger partial charge < -0.3 is 24.8 Å². The molecule has 2 aromatic rings. The summed E-state index contributed by atoms with van der Waals surface area (Å²) in [5.41, 5.74) is 1.58. The van der Waals surface area contributed by atoms with Crippen LogP contribution in [0, 0.1) is 0 Å². The third-order valence-electron chi connectivity index (χ3n) is 4.70. The number of amides is 1. The molecular weight excluding hydrogens is 382 g/mol. The van der Waals surface area contributed by atoms with Gasteiger partial charge in [-0.1, -0.05) is 11.6 Å². The second-order valence-electron chi connectivity index (χ2n) is 6.51. The van der Waals surface area contributed by atoms with Crippen molar-refractivity contribution in [2.75, 3.05) is 57.2 Å². The third-order valence-corrected chi connectivity index (χ3v) is 5.00. The Labute approximate surface area is 169 Å². The van der Waals surface area contributed by atoms with E-state index in [4.69, 9.17) is 21.1 Å². The van der Waals surface area contributed by atoms with Crippen LogP contribution in [0.4, 0.5) is 11.4 Å². The maximum Gasteiger partial charge on any atom is 0.238 e. The van der Waals surface area contributed by atoms with Gasteiger partial charge in [-0.25, -0.2) is 0 Å². The highest BCUT2D eigenvalue weighted by atomic mass is 35.5. The predicted octanol–water partition coefficient (Wildman–Crippen LogP) is 2.82. The van der Waals surface area contributed by atoms with Crippen LogP contribution in [0.3, 0.4) is 0 Å². The lowest BCUT2D eigenvalue weighted by Crippen LogP contribution is -2.48. The quantitative estimate of drug-likeness (QED) is 0.769. The van der Waals surface area contributed by atoms with Crippen molar-refractivity contribution in [1.29, 1.82) is 0 Å². The summed E-state index contributed by atoms with van der Waals surface area (Å²) < 4.78 is 10.5. The third kappa shape index (κ3) is 4.79. The molecule has 0 radical (unpaired) electrons. The summed E-state index contributed by atoms with van der Waals surface area (Å²) >= 11 is 6.15. The zero-order chi connectivity index (χ0) is 20.1. The van der Waals surface area contributed by atoms with Crippen molar-refractivity contribution in [2.45, 2.75) is 0 Å². The molecule has 8 heteroatoms. The van der Waals surface area contributed by atoms with E-state index >= 15 is 0 Å². The fraction of sp³-hybridized carbons (Fsp3) is 0.350. The molecule has 0 atom stereocenters. The van der Waals surface area contributed by atoms with Gasteiger partial charge in [-0.15, -0.1) is 0 Å². The lowest BCUT2D eigenvalue weighted by molar-refractivity contribution is -0.117. The van der Waals surface area contributed by atoms with E-state index in [1.54, 1.807) is 24.3 Å². The van der Waals surface area contributed by atoms with Crippen LogP contribution in [0.15, 0.2) is 36.4 Å². The highest BCUT2D eigenvalue weighted by molar-refractivity contribution is 6.32. The molecule has 2 N–H and O–H groups in total. The van der Waals surface area contributed by atoms with E-state index in [0.29, 0.717) is 22.2 Å². The molecule has 0 aromatic heterocycles. The molecule has 1 aliphatic heterocycles. The molecule has 1 amide bonds. The second kappa shape index (κ2) is 9.03. The minimum absolute atomic E-state index is 0.127. The number of benzene rings is 2. The Kier molecular flexibility index (Phi) is 6.49. The van der Waals surface area contributed by atoms with Crippen molar-refractivity contribution < 1.29 is 19.4 Å². The molecular formula is C20H24ClN3O4. The van der Waals surface area contributed by atoms with Crippen LogP contribution in [0.1, 0.15) is 0 Å². The van der Waals surface area contributed by atoms with Crippen LogP contribution >= 0.6 is 11.6 Å². The molecule has 0 bridgehead atoms. The number of methoxy groups -OCH3 is 2. The van der Waals surface area contributed by atoms with Crippen LogP contribution in [0.5, 0.6) is 17.2 Å². The average molecular weight is 406 g/mol. The monoisotopic (exact) mass is 405 g/mol. The minimum Gasteiger partial charge on any atom is -0.508 e. The van der Waals surface area contributed by atoms with Crippen LogP contribution < -0.4 is 19.7 Å². The highest BCUT2D eigenvalue weighted by Crippen LogP contribution is 2.35. The summed E-state index contributed by atoms with van der Waals surface area (Å²) in [5.74, 6) is 1.11. The van der Waals surface area contributed by atoms with Gasteiger partial charge in [-0.3, -0.25) is 9.69 Å². The van der Waals surface area contributed by atoms with Gasteiger partial charge in [0, 0.05) is 37.9 Å². The van der Waals surface area contributed by atoms with Crippen molar-refractivity contribution in [1.82, 2.24) is 4.90 Å². The van der Waals surface area contributed by atoms with Crippen molar-refractivity contribution in [3.63, 3.8) is 0 Å². The molecule has 2 aromatic carbocycles. The molecule has 7 nitrogen and oxygen atoms in total. The molecule has 28 heavy (non-hydrogen) atoms. The van der Waals surface area contributed by atoms with Gasteiger partial charge in [0.25, 0.3) is 0 Å².